The highest BCUT2D eigenvalue weighted by molar-refractivity contribution is 6.44. The second-order valence-electron chi connectivity index (χ2n) is 3.91. The monoisotopic (exact) mass is 259 g/mol. The van der Waals surface area contributed by atoms with E-state index in [2.05, 4.69) is 0 Å². The Morgan fingerprint density at radius 1 is 1.44 bits per heavy atom. The molecule has 0 saturated heterocycles. The van der Waals surface area contributed by atoms with E-state index in [4.69, 9.17) is 33.7 Å². The largest absolute Gasteiger partial charge is 0.462 e. The van der Waals surface area contributed by atoms with E-state index >= 15 is 0 Å². The molecule has 0 heterocycles. The van der Waals surface area contributed by atoms with Crippen molar-refractivity contribution in [2.45, 2.75) is 12.8 Å². The maximum atomic E-state index is 11.7. The Kier molecular flexibility index (Phi) is 3.26. The van der Waals surface area contributed by atoms with E-state index in [9.17, 15) is 4.79 Å². The van der Waals surface area contributed by atoms with Gasteiger partial charge in [-0.1, -0.05) is 23.2 Å². The zero-order valence-corrected chi connectivity index (χ0v) is 10.0. The molecule has 0 unspecified atom stereocenters. The fourth-order valence-corrected chi connectivity index (χ4v) is 1.73. The van der Waals surface area contributed by atoms with E-state index in [1.165, 1.54) is 12.1 Å². The molecule has 2 rings (SSSR count). The number of anilines is 1. The Morgan fingerprint density at radius 3 is 2.75 bits per heavy atom. The van der Waals surface area contributed by atoms with Crippen LogP contribution in [0.25, 0.3) is 0 Å². The van der Waals surface area contributed by atoms with Crippen LogP contribution >= 0.6 is 23.2 Å². The summed E-state index contributed by atoms with van der Waals surface area (Å²) in [5, 5.41) is 0.455. The van der Waals surface area contributed by atoms with Crippen LogP contribution in [0.15, 0.2) is 12.1 Å². The van der Waals surface area contributed by atoms with Crippen LogP contribution in [0, 0.1) is 5.92 Å². The van der Waals surface area contributed by atoms with E-state index in [1.807, 2.05) is 0 Å². The number of nitrogens with two attached hydrogens (primary N) is 1. The van der Waals surface area contributed by atoms with E-state index in [0.29, 0.717) is 18.2 Å². The molecule has 1 aromatic rings. The summed E-state index contributed by atoms with van der Waals surface area (Å²) in [7, 11) is 0. The first-order chi connectivity index (χ1) is 7.58. The summed E-state index contributed by atoms with van der Waals surface area (Å²) in [4.78, 5) is 11.7. The summed E-state index contributed by atoms with van der Waals surface area (Å²) >= 11 is 11.7. The van der Waals surface area contributed by atoms with Gasteiger partial charge >= 0.3 is 5.97 Å². The quantitative estimate of drug-likeness (QED) is 0.670. The zero-order valence-electron chi connectivity index (χ0n) is 8.50. The normalized spacial score (nSPS) is 14.9. The Hall–Kier alpha value is -0.930. The third-order valence-corrected chi connectivity index (χ3v) is 3.22. The minimum atomic E-state index is -0.467. The number of ether oxygens (including phenoxy) is 1. The standard InChI is InChI=1S/C11H11Cl2NO2/c12-9-4-7(14)3-8(10(9)13)11(15)16-5-6-1-2-6/h3-4,6H,1-2,5,14H2. The number of hydrogen-bond acceptors (Lipinski definition) is 3. The lowest BCUT2D eigenvalue weighted by atomic mass is 10.2. The van der Waals surface area contributed by atoms with Gasteiger partial charge in [0.15, 0.2) is 0 Å². The molecule has 16 heavy (non-hydrogen) atoms. The van der Waals surface area contributed by atoms with E-state index in [-0.39, 0.29) is 15.6 Å². The van der Waals surface area contributed by atoms with Gasteiger partial charge in [-0.05, 0) is 30.9 Å². The molecule has 2 N–H and O–H groups in total. The predicted molar refractivity (Wildman–Crippen MR) is 63.9 cm³/mol. The number of rotatable bonds is 3. The fraction of sp³-hybridized carbons (Fsp3) is 0.364. The van der Waals surface area contributed by atoms with Crippen LogP contribution < -0.4 is 5.73 Å². The molecule has 0 aliphatic heterocycles. The number of nitrogen functional groups attached to an aromatic ring is 1. The first-order valence-corrected chi connectivity index (χ1v) is 5.75. The summed E-state index contributed by atoms with van der Waals surface area (Å²) in [6.45, 7) is 0.446. The molecule has 5 heteroatoms. The van der Waals surface area contributed by atoms with Crippen molar-refractivity contribution in [1.82, 2.24) is 0 Å². The lowest BCUT2D eigenvalue weighted by Crippen LogP contribution is -2.09. The van der Waals surface area contributed by atoms with Gasteiger partial charge in [0.1, 0.15) is 0 Å². The summed E-state index contributed by atoms with van der Waals surface area (Å²) in [5.74, 6) is 0.0466. The van der Waals surface area contributed by atoms with Crippen LogP contribution in [-0.2, 0) is 4.74 Å². The lowest BCUT2D eigenvalue weighted by molar-refractivity contribution is 0.0486. The van der Waals surface area contributed by atoms with Crippen molar-refractivity contribution >= 4 is 34.9 Å². The summed E-state index contributed by atoms with van der Waals surface area (Å²) in [6.07, 6.45) is 2.25. The van der Waals surface area contributed by atoms with Gasteiger partial charge in [0, 0.05) is 5.69 Å². The average molecular weight is 260 g/mol. The molecule has 0 amide bonds. The van der Waals surface area contributed by atoms with Gasteiger partial charge in [0.05, 0.1) is 22.2 Å². The van der Waals surface area contributed by atoms with Crippen molar-refractivity contribution in [2.24, 2.45) is 5.92 Å². The lowest BCUT2D eigenvalue weighted by Gasteiger charge is -2.07. The highest BCUT2D eigenvalue weighted by Crippen LogP contribution is 2.31. The first kappa shape index (κ1) is 11.6. The molecule has 0 bridgehead atoms. The number of carbonyl (C=O) groups excluding carboxylic acids is 1. The Morgan fingerprint density at radius 2 is 2.12 bits per heavy atom. The minimum Gasteiger partial charge on any atom is -0.462 e. The van der Waals surface area contributed by atoms with Crippen LogP contribution in [0.4, 0.5) is 5.69 Å². The van der Waals surface area contributed by atoms with E-state index in [1.54, 1.807) is 0 Å². The van der Waals surface area contributed by atoms with Gasteiger partial charge in [0.2, 0.25) is 0 Å². The van der Waals surface area contributed by atoms with Crippen LogP contribution in [0.5, 0.6) is 0 Å². The van der Waals surface area contributed by atoms with Crippen molar-refractivity contribution in [3.8, 4) is 0 Å². The molecule has 1 aliphatic rings. The number of esters is 1. The number of halogens is 2. The number of benzene rings is 1. The maximum absolute atomic E-state index is 11.7. The predicted octanol–water partition coefficient (Wildman–Crippen LogP) is 3.14. The maximum Gasteiger partial charge on any atom is 0.339 e. The highest BCUT2D eigenvalue weighted by atomic mass is 35.5. The molecule has 1 aromatic carbocycles. The van der Waals surface area contributed by atoms with Crippen LogP contribution in [0.3, 0.4) is 0 Å². The first-order valence-electron chi connectivity index (χ1n) is 4.99. The van der Waals surface area contributed by atoms with Gasteiger partial charge in [0.25, 0.3) is 0 Å². The smallest absolute Gasteiger partial charge is 0.339 e. The zero-order chi connectivity index (χ0) is 11.7. The van der Waals surface area contributed by atoms with Crippen LogP contribution in [-0.4, -0.2) is 12.6 Å². The second kappa shape index (κ2) is 4.52. The molecule has 0 atom stereocenters. The van der Waals surface area contributed by atoms with Crippen molar-refractivity contribution in [1.29, 1.82) is 0 Å². The molecule has 3 nitrogen and oxygen atoms in total. The van der Waals surface area contributed by atoms with Gasteiger partial charge < -0.3 is 10.5 Å². The molecule has 86 valence electrons. The molecule has 0 radical (unpaired) electrons. The SMILES string of the molecule is Nc1cc(Cl)c(Cl)c(C(=O)OCC2CC2)c1. The van der Waals surface area contributed by atoms with Gasteiger partial charge in [-0.2, -0.15) is 0 Å². The van der Waals surface area contributed by atoms with Crippen molar-refractivity contribution in [3.63, 3.8) is 0 Å². The average Bonchev–Trinajstić information content (AvgIpc) is 3.03. The number of hydrogen-bond donors (Lipinski definition) is 1. The van der Waals surface area contributed by atoms with E-state index in [0.717, 1.165) is 12.8 Å². The minimum absolute atomic E-state index is 0.191. The topological polar surface area (TPSA) is 52.3 Å². The van der Waals surface area contributed by atoms with Crippen LogP contribution in [0.2, 0.25) is 10.0 Å². The van der Waals surface area contributed by atoms with Gasteiger partial charge in [-0.15, -0.1) is 0 Å². The molecule has 1 fully saturated rings. The Labute approximate surface area is 103 Å². The number of carbonyl (C=O) groups is 1. The second-order valence-corrected chi connectivity index (χ2v) is 4.69. The molecular formula is C11H11Cl2NO2. The van der Waals surface area contributed by atoms with Gasteiger partial charge in [-0.25, -0.2) is 4.79 Å². The van der Waals surface area contributed by atoms with Crippen LogP contribution in [0.1, 0.15) is 23.2 Å². The summed E-state index contributed by atoms with van der Waals surface area (Å²) < 4.78 is 5.11. The van der Waals surface area contributed by atoms with Crippen molar-refractivity contribution in [3.05, 3.63) is 27.7 Å². The third-order valence-electron chi connectivity index (χ3n) is 2.42. The Balaban J connectivity index is 2.14. The molecule has 0 spiro atoms. The molecule has 1 aliphatic carbocycles. The third kappa shape index (κ3) is 2.60. The summed E-state index contributed by atoms with van der Waals surface area (Å²) in [6, 6.07) is 2.98. The van der Waals surface area contributed by atoms with Crippen molar-refractivity contribution < 1.29 is 9.53 Å². The van der Waals surface area contributed by atoms with Crippen molar-refractivity contribution in [2.75, 3.05) is 12.3 Å². The summed E-state index contributed by atoms with van der Waals surface area (Å²) in [5.41, 5.74) is 6.21. The molecule has 0 aromatic heterocycles. The van der Waals surface area contributed by atoms with E-state index < -0.39 is 5.97 Å². The van der Waals surface area contributed by atoms with Gasteiger partial charge in [-0.3, -0.25) is 0 Å². The Bertz CT molecular complexity index is 430. The molecular weight excluding hydrogens is 249 g/mol. The fourth-order valence-electron chi connectivity index (χ4n) is 1.31. The molecule has 1 saturated carbocycles. The highest BCUT2D eigenvalue weighted by Gasteiger charge is 2.24.